The molecule has 1 aliphatic rings. The molecule has 6 nitrogen and oxygen atoms in total. The average Bonchev–Trinajstić information content (AvgIpc) is 2.54. The van der Waals surface area contributed by atoms with Crippen molar-refractivity contribution in [2.45, 2.75) is 64.5 Å². The second-order valence-electron chi connectivity index (χ2n) is 5.62. The molecule has 0 bridgehead atoms. The Bertz CT molecular complexity index is 461. The van der Waals surface area contributed by atoms with Crippen LogP contribution in [0.3, 0.4) is 0 Å². The van der Waals surface area contributed by atoms with Crippen molar-refractivity contribution in [1.29, 1.82) is 0 Å². The molecule has 1 fully saturated rings. The van der Waals surface area contributed by atoms with E-state index in [0.29, 0.717) is 11.9 Å². The van der Waals surface area contributed by atoms with E-state index in [1.807, 2.05) is 0 Å². The maximum Gasteiger partial charge on any atom is 0.148 e. The molecule has 0 radical (unpaired) electrons. The average molecular weight is 293 g/mol. The number of nitrogen functional groups attached to an aromatic ring is 1. The summed E-state index contributed by atoms with van der Waals surface area (Å²) in [6, 6.07) is 0.379. The fraction of sp³-hybridized carbons (Fsp3) is 0.733. The maximum atomic E-state index is 6.03. The first kappa shape index (κ1) is 16.0. The number of hydrogen-bond donors (Lipinski definition) is 3. The molecule has 0 aromatic carbocycles. The number of nitrogens with zero attached hydrogens (tertiary/aromatic N) is 2. The molecule has 4 N–H and O–H groups in total. The molecule has 2 rings (SSSR count). The highest BCUT2D eigenvalue weighted by Crippen LogP contribution is 2.33. The number of hydrazine groups is 1. The highest BCUT2D eigenvalue weighted by atomic mass is 16.5. The lowest BCUT2D eigenvalue weighted by atomic mass is 9.86. The summed E-state index contributed by atoms with van der Waals surface area (Å²) in [4.78, 5) is 8.56. The summed E-state index contributed by atoms with van der Waals surface area (Å²) < 4.78 is 6.03. The van der Waals surface area contributed by atoms with Gasteiger partial charge in [0.15, 0.2) is 0 Å². The third-order valence-electron chi connectivity index (χ3n) is 4.56. The summed E-state index contributed by atoms with van der Waals surface area (Å²) >= 11 is 0. The Morgan fingerprint density at radius 3 is 2.62 bits per heavy atom. The highest BCUT2D eigenvalue weighted by Gasteiger charge is 2.34. The molecule has 118 valence electrons. The van der Waals surface area contributed by atoms with Crippen molar-refractivity contribution < 1.29 is 4.74 Å². The van der Waals surface area contributed by atoms with Gasteiger partial charge in [-0.1, -0.05) is 20.8 Å². The second-order valence-corrected chi connectivity index (χ2v) is 5.62. The third-order valence-corrected chi connectivity index (χ3v) is 4.56. The fourth-order valence-corrected chi connectivity index (χ4v) is 3.08. The number of aromatic nitrogens is 2. The Labute approximate surface area is 126 Å². The zero-order valence-electron chi connectivity index (χ0n) is 13.3. The highest BCUT2D eigenvalue weighted by molar-refractivity contribution is 5.57. The van der Waals surface area contributed by atoms with Crippen molar-refractivity contribution >= 4 is 11.6 Å². The van der Waals surface area contributed by atoms with Crippen molar-refractivity contribution in [2.24, 2.45) is 5.84 Å². The van der Waals surface area contributed by atoms with Gasteiger partial charge in [0.1, 0.15) is 18.0 Å². The fourth-order valence-electron chi connectivity index (χ4n) is 3.08. The van der Waals surface area contributed by atoms with Gasteiger partial charge in [-0.25, -0.2) is 15.8 Å². The molecule has 1 saturated heterocycles. The number of hydrogen-bond acceptors (Lipinski definition) is 6. The number of anilines is 2. The molecule has 0 saturated carbocycles. The van der Waals surface area contributed by atoms with Gasteiger partial charge in [0.2, 0.25) is 0 Å². The van der Waals surface area contributed by atoms with E-state index >= 15 is 0 Å². The molecule has 1 aliphatic heterocycles. The van der Waals surface area contributed by atoms with E-state index in [9.17, 15) is 0 Å². The predicted octanol–water partition coefficient (Wildman–Crippen LogP) is 2.47. The van der Waals surface area contributed by atoms with Gasteiger partial charge in [0.05, 0.1) is 5.60 Å². The van der Waals surface area contributed by atoms with Crippen molar-refractivity contribution in [2.75, 3.05) is 17.3 Å². The largest absolute Gasteiger partial charge is 0.375 e. The van der Waals surface area contributed by atoms with Gasteiger partial charge in [-0.05, 0) is 32.1 Å². The topological polar surface area (TPSA) is 85.1 Å². The van der Waals surface area contributed by atoms with E-state index in [-0.39, 0.29) is 5.60 Å². The van der Waals surface area contributed by atoms with Crippen molar-refractivity contribution in [3.05, 3.63) is 11.9 Å². The summed E-state index contributed by atoms with van der Waals surface area (Å²) in [5, 5.41) is 3.57. The standard InChI is InChI=1S/C15H27N5O/c1-4-12-13(17-10-18-14(12)20-16)19-11-7-8-21-15(5-2,6-3)9-11/h10-11H,4-9,16H2,1-3H3,(H2,17,18,19,20). The maximum absolute atomic E-state index is 6.03. The second kappa shape index (κ2) is 7.04. The smallest absolute Gasteiger partial charge is 0.148 e. The van der Waals surface area contributed by atoms with Gasteiger partial charge >= 0.3 is 0 Å². The van der Waals surface area contributed by atoms with Crippen LogP contribution in [-0.2, 0) is 11.2 Å². The lowest BCUT2D eigenvalue weighted by Crippen LogP contribution is -2.43. The summed E-state index contributed by atoms with van der Waals surface area (Å²) in [6.07, 6.45) is 6.48. The van der Waals surface area contributed by atoms with Gasteiger partial charge in [-0.15, -0.1) is 0 Å². The molecule has 2 heterocycles. The lowest BCUT2D eigenvalue weighted by Gasteiger charge is -2.40. The quantitative estimate of drug-likeness (QED) is 0.552. The van der Waals surface area contributed by atoms with Crippen LogP contribution in [0.1, 0.15) is 52.0 Å². The molecule has 1 atom stereocenters. The van der Waals surface area contributed by atoms with Crippen LogP contribution in [0.5, 0.6) is 0 Å². The van der Waals surface area contributed by atoms with Crippen LogP contribution in [-0.4, -0.2) is 28.2 Å². The minimum atomic E-state index is 0.00424. The summed E-state index contributed by atoms with van der Waals surface area (Å²) in [5.41, 5.74) is 3.68. The molecule has 0 spiro atoms. The van der Waals surface area contributed by atoms with Crippen molar-refractivity contribution in [1.82, 2.24) is 9.97 Å². The summed E-state index contributed by atoms with van der Waals surface area (Å²) in [7, 11) is 0. The van der Waals surface area contributed by atoms with Crippen molar-refractivity contribution in [3.8, 4) is 0 Å². The zero-order chi connectivity index (χ0) is 15.3. The van der Waals surface area contributed by atoms with Crippen LogP contribution in [0, 0.1) is 0 Å². The van der Waals surface area contributed by atoms with E-state index < -0.39 is 0 Å². The number of rotatable bonds is 6. The Hall–Kier alpha value is -1.40. The summed E-state index contributed by atoms with van der Waals surface area (Å²) in [6.45, 7) is 7.28. The number of nitrogens with one attached hydrogen (secondary N) is 2. The first-order valence-corrected chi connectivity index (χ1v) is 7.89. The van der Waals surface area contributed by atoms with Crippen LogP contribution < -0.4 is 16.6 Å². The molecule has 6 heteroatoms. The molecular formula is C15H27N5O. The van der Waals surface area contributed by atoms with Crippen LogP contribution >= 0.6 is 0 Å². The molecular weight excluding hydrogens is 266 g/mol. The molecule has 21 heavy (non-hydrogen) atoms. The Kier molecular flexibility index (Phi) is 5.36. The SMILES string of the molecule is CCc1c(NN)ncnc1NC1CCOC(CC)(CC)C1. The normalized spacial score (nSPS) is 21.0. The monoisotopic (exact) mass is 293 g/mol. The predicted molar refractivity (Wildman–Crippen MR) is 85.1 cm³/mol. The van der Waals surface area contributed by atoms with Crippen LogP contribution in [0.15, 0.2) is 6.33 Å². The van der Waals surface area contributed by atoms with Gasteiger partial charge in [-0.2, -0.15) is 0 Å². The molecule has 1 aromatic rings. The Morgan fingerprint density at radius 1 is 1.29 bits per heavy atom. The van der Waals surface area contributed by atoms with E-state index in [4.69, 9.17) is 10.6 Å². The molecule has 0 amide bonds. The molecule has 0 aliphatic carbocycles. The first-order valence-electron chi connectivity index (χ1n) is 7.89. The Balaban J connectivity index is 2.14. The molecule has 1 unspecified atom stereocenters. The van der Waals surface area contributed by atoms with E-state index in [1.165, 1.54) is 0 Å². The van der Waals surface area contributed by atoms with Gasteiger partial charge < -0.3 is 15.5 Å². The molecule has 1 aromatic heterocycles. The first-order chi connectivity index (χ1) is 10.2. The van der Waals surface area contributed by atoms with Crippen molar-refractivity contribution in [3.63, 3.8) is 0 Å². The van der Waals surface area contributed by atoms with Gasteiger partial charge in [-0.3, -0.25) is 0 Å². The van der Waals surface area contributed by atoms with Crippen LogP contribution in [0.25, 0.3) is 0 Å². The lowest BCUT2D eigenvalue weighted by molar-refractivity contribution is -0.0864. The zero-order valence-corrected chi connectivity index (χ0v) is 13.3. The summed E-state index contributed by atoms with van der Waals surface area (Å²) in [5.74, 6) is 7.10. The Morgan fingerprint density at radius 2 is 2.00 bits per heavy atom. The minimum absolute atomic E-state index is 0.00424. The van der Waals surface area contributed by atoms with E-state index in [0.717, 1.165) is 50.1 Å². The minimum Gasteiger partial charge on any atom is -0.375 e. The van der Waals surface area contributed by atoms with Crippen LogP contribution in [0.2, 0.25) is 0 Å². The van der Waals surface area contributed by atoms with E-state index in [2.05, 4.69) is 41.5 Å². The number of nitrogens with two attached hydrogens (primary N) is 1. The van der Waals surface area contributed by atoms with Crippen LogP contribution in [0.4, 0.5) is 11.6 Å². The van der Waals surface area contributed by atoms with Gasteiger partial charge in [0.25, 0.3) is 0 Å². The number of ether oxygens (including phenoxy) is 1. The van der Waals surface area contributed by atoms with Gasteiger partial charge in [0, 0.05) is 18.2 Å². The third kappa shape index (κ3) is 3.44. The van der Waals surface area contributed by atoms with E-state index in [1.54, 1.807) is 6.33 Å².